The van der Waals surface area contributed by atoms with Gasteiger partial charge >= 0.3 is 5.97 Å². The fourth-order valence-electron chi connectivity index (χ4n) is 1.96. The molecule has 1 saturated heterocycles. The molecule has 0 aromatic carbocycles. The first kappa shape index (κ1) is 15.8. The molecule has 116 valence electrons. The maximum absolute atomic E-state index is 11.4. The molecule has 7 nitrogen and oxygen atoms in total. The zero-order valence-electron chi connectivity index (χ0n) is 12.1. The number of morpholine rings is 1. The van der Waals surface area contributed by atoms with Gasteiger partial charge in [0.05, 0.1) is 19.8 Å². The molecular weight excluding hydrogens is 298 g/mol. The molecule has 0 N–H and O–H groups in total. The molecule has 8 heteroatoms. The lowest BCUT2D eigenvalue weighted by Crippen LogP contribution is -2.37. The number of esters is 1. The fraction of sp³-hybridized carbons (Fsp3) is 0.615. The summed E-state index contributed by atoms with van der Waals surface area (Å²) in [5.41, 5.74) is 0. The number of carbonyl (C=O) groups excluding carboxylic acids is 1. The third kappa shape index (κ3) is 4.18. The maximum atomic E-state index is 11.4. The number of hydrogen-bond acceptors (Lipinski definition) is 7. The Balaban J connectivity index is 2.19. The van der Waals surface area contributed by atoms with Crippen molar-refractivity contribution < 1.29 is 19.0 Å². The van der Waals surface area contributed by atoms with Gasteiger partial charge in [-0.05, 0) is 13.8 Å². The molecule has 0 bridgehead atoms. The van der Waals surface area contributed by atoms with Gasteiger partial charge in [-0.1, -0.05) is 11.6 Å². The number of ether oxygens (including phenoxy) is 3. The molecule has 0 aliphatic carbocycles. The van der Waals surface area contributed by atoms with Crippen LogP contribution in [0.1, 0.15) is 12.7 Å². The van der Waals surface area contributed by atoms with E-state index >= 15 is 0 Å². The van der Waals surface area contributed by atoms with Crippen LogP contribution in [0, 0.1) is 6.92 Å². The first-order chi connectivity index (χ1) is 10.1. The van der Waals surface area contributed by atoms with Crippen LogP contribution in [-0.2, 0) is 14.3 Å². The highest BCUT2D eigenvalue weighted by molar-refractivity contribution is 6.31. The smallest absolute Gasteiger partial charge is 0.344 e. The summed E-state index contributed by atoms with van der Waals surface area (Å²) in [6, 6.07) is 0. The molecule has 0 amide bonds. The second-order valence-corrected chi connectivity index (χ2v) is 4.77. The summed E-state index contributed by atoms with van der Waals surface area (Å²) in [4.78, 5) is 21.9. The lowest BCUT2D eigenvalue weighted by Gasteiger charge is -2.29. The number of aryl methyl sites for hydroxylation is 1. The zero-order valence-corrected chi connectivity index (χ0v) is 12.9. The Morgan fingerprint density at radius 2 is 2.10 bits per heavy atom. The van der Waals surface area contributed by atoms with Gasteiger partial charge in [-0.3, -0.25) is 0 Å². The second kappa shape index (κ2) is 7.42. The molecule has 1 aromatic rings. The van der Waals surface area contributed by atoms with Crippen molar-refractivity contribution in [3.63, 3.8) is 0 Å². The Labute approximate surface area is 128 Å². The quantitative estimate of drug-likeness (QED) is 0.597. The molecule has 0 unspecified atom stereocenters. The number of anilines is 1. The van der Waals surface area contributed by atoms with Gasteiger partial charge in [0, 0.05) is 13.1 Å². The number of halogens is 1. The summed E-state index contributed by atoms with van der Waals surface area (Å²) < 4.78 is 15.6. The van der Waals surface area contributed by atoms with E-state index in [1.165, 1.54) is 0 Å². The number of hydrogen-bond donors (Lipinski definition) is 0. The van der Waals surface area contributed by atoms with E-state index in [1.807, 2.05) is 4.90 Å². The minimum Gasteiger partial charge on any atom is -0.475 e. The van der Waals surface area contributed by atoms with Gasteiger partial charge in [0.25, 0.3) is 0 Å². The summed E-state index contributed by atoms with van der Waals surface area (Å²) in [6.07, 6.45) is 0. The lowest BCUT2D eigenvalue weighted by atomic mass is 10.3. The Bertz CT molecular complexity index is 506. The normalized spacial score (nSPS) is 14.9. The highest BCUT2D eigenvalue weighted by Crippen LogP contribution is 2.33. The highest BCUT2D eigenvalue weighted by Gasteiger charge is 2.22. The molecule has 1 aliphatic rings. The van der Waals surface area contributed by atoms with Crippen molar-refractivity contribution in [3.05, 3.63) is 11.0 Å². The minimum atomic E-state index is -0.456. The van der Waals surface area contributed by atoms with Crippen LogP contribution in [0.2, 0.25) is 5.15 Å². The molecule has 1 fully saturated rings. The molecule has 2 rings (SSSR count). The SMILES string of the molecule is CCOC(=O)COc1c(Cl)nc(C)nc1N1CCOCC1. The molecule has 1 aromatic heterocycles. The first-order valence-corrected chi connectivity index (χ1v) is 7.15. The molecule has 1 aliphatic heterocycles. The van der Waals surface area contributed by atoms with Crippen molar-refractivity contribution in [2.24, 2.45) is 0 Å². The molecular formula is C13H18ClN3O4. The minimum absolute atomic E-state index is 0.188. The standard InChI is InChI=1S/C13H18ClN3O4/c1-3-20-10(18)8-21-11-12(14)15-9(2)16-13(11)17-4-6-19-7-5-17/h3-8H2,1-2H3. The van der Waals surface area contributed by atoms with Gasteiger partial charge in [0.1, 0.15) is 5.82 Å². The Kier molecular flexibility index (Phi) is 5.58. The van der Waals surface area contributed by atoms with Crippen LogP contribution in [0.25, 0.3) is 0 Å². The third-order valence-electron chi connectivity index (χ3n) is 2.87. The Morgan fingerprint density at radius 1 is 1.38 bits per heavy atom. The van der Waals surface area contributed by atoms with Crippen LogP contribution >= 0.6 is 11.6 Å². The molecule has 0 atom stereocenters. The Hall–Kier alpha value is -1.60. The van der Waals surface area contributed by atoms with E-state index < -0.39 is 5.97 Å². The van der Waals surface area contributed by atoms with Crippen molar-refractivity contribution in [3.8, 4) is 5.75 Å². The van der Waals surface area contributed by atoms with Crippen molar-refractivity contribution in [1.29, 1.82) is 0 Å². The molecule has 0 radical (unpaired) electrons. The van der Waals surface area contributed by atoms with Crippen LogP contribution in [0.3, 0.4) is 0 Å². The summed E-state index contributed by atoms with van der Waals surface area (Å²) in [6.45, 7) is 6.15. The van der Waals surface area contributed by atoms with Gasteiger partial charge in [-0.15, -0.1) is 0 Å². The predicted molar refractivity (Wildman–Crippen MR) is 76.9 cm³/mol. The first-order valence-electron chi connectivity index (χ1n) is 6.77. The number of aromatic nitrogens is 2. The molecule has 0 saturated carbocycles. The number of nitrogens with zero attached hydrogens (tertiary/aromatic N) is 3. The largest absolute Gasteiger partial charge is 0.475 e. The van der Waals surface area contributed by atoms with Gasteiger partial charge in [-0.2, -0.15) is 0 Å². The fourth-order valence-corrected chi connectivity index (χ4v) is 2.22. The predicted octanol–water partition coefficient (Wildman–Crippen LogP) is 1.22. The van der Waals surface area contributed by atoms with Crippen molar-refractivity contribution in [2.75, 3.05) is 44.4 Å². The monoisotopic (exact) mass is 315 g/mol. The maximum Gasteiger partial charge on any atom is 0.344 e. The summed E-state index contributed by atoms with van der Waals surface area (Å²) in [5, 5.41) is 0.188. The van der Waals surface area contributed by atoms with E-state index in [2.05, 4.69) is 9.97 Å². The van der Waals surface area contributed by atoms with Crippen LogP contribution in [-0.4, -0.2) is 55.5 Å². The van der Waals surface area contributed by atoms with Gasteiger partial charge in [0.15, 0.2) is 23.3 Å². The van der Waals surface area contributed by atoms with Crippen LogP contribution in [0.4, 0.5) is 5.82 Å². The van der Waals surface area contributed by atoms with E-state index in [0.29, 0.717) is 50.3 Å². The van der Waals surface area contributed by atoms with E-state index in [4.69, 9.17) is 25.8 Å². The average molecular weight is 316 g/mol. The zero-order chi connectivity index (χ0) is 15.2. The molecule has 21 heavy (non-hydrogen) atoms. The van der Waals surface area contributed by atoms with Gasteiger partial charge in [-0.25, -0.2) is 14.8 Å². The third-order valence-corrected chi connectivity index (χ3v) is 3.12. The molecule has 0 spiro atoms. The van der Waals surface area contributed by atoms with E-state index in [1.54, 1.807) is 13.8 Å². The molecule has 2 heterocycles. The number of rotatable bonds is 5. The summed E-state index contributed by atoms with van der Waals surface area (Å²) >= 11 is 6.13. The Morgan fingerprint density at radius 3 is 2.76 bits per heavy atom. The van der Waals surface area contributed by atoms with E-state index in [-0.39, 0.29) is 11.8 Å². The van der Waals surface area contributed by atoms with Crippen molar-refractivity contribution in [1.82, 2.24) is 9.97 Å². The number of carbonyl (C=O) groups is 1. The van der Waals surface area contributed by atoms with E-state index in [9.17, 15) is 4.79 Å². The van der Waals surface area contributed by atoms with Crippen LogP contribution in [0.5, 0.6) is 5.75 Å². The van der Waals surface area contributed by atoms with Crippen LogP contribution in [0.15, 0.2) is 0 Å². The van der Waals surface area contributed by atoms with E-state index in [0.717, 1.165) is 0 Å². The summed E-state index contributed by atoms with van der Waals surface area (Å²) in [7, 11) is 0. The lowest BCUT2D eigenvalue weighted by molar-refractivity contribution is -0.145. The topological polar surface area (TPSA) is 73.8 Å². The highest BCUT2D eigenvalue weighted by atomic mass is 35.5. The van der Waals surface area contributed by atoms with Crippen LogP contribution < -0.4 is 9.64 Å². The van der Waals surface area contributed by atoms with Gasteiger partial charge in [0.2, 0.25) is 0 Å². The van der Waals surface area contributed by atoms with Gasteiger partial charge < -0.3 is 19.1 Å². The second-order valence-electron chi connectivity index (χ2n) is 4.41. The van der Waals surface area contributed by atoms with Crippen molar-refractivity contribution in [2.45, 2.75) is 13.8 Å². The average Bonchev–Trinajstić information content (AvgIpc) is 2.47. The van der Waals surface area contributed by atoms with Crippen molar-refractivity contribution >= 4 is 23.4 Å². The summed E-state index contributed by atoms with van der Waals surface area (Å²) in [5.74, 6) is 0.976.